The van der Waals surface area contributed by atoms with Gasteiger partial charge in [-0.05, 0) is 32.4 Å². The lowest BCUT2D eigenvalue weighted by Gasteiger charge is -2.18. The number of nitrogens with zero attached hydrogens (tertiary/aromatic N) is 1. The van der Waals surface area contributed by atoms with E-state index >= 15 is 0 Å². The quantitative estimate of drug-likeness (QED) is 0.771. The first-order valence-corrected chi connectivity index (χ1v) is 5.94. The molecule has 112 valence electrons. The number of rotatable bonds is 5. The van der Waals surface area contributed by atoms with Crippen molar-refractivity contribution < 1.29 is 23.1 Å². The summed E-state index contributed by atoms with van der Waals surface area (Å²) in [4.78, 5) is 14.6. The van der Waals surface area contributed by atoms with Crippen molar-refractivity contribution in [3.63, 3.8) is 0 Å². The molecule has 8 heteroatoms. The number of nitrogens with two attached hydrogens (primary N) is 1. The molecule has 2 atom stereocenters. The van der Waals surface area contributed by atoms with E-state index in [0.717, 1.165) is 6.07 Å². The molecular formula is C12H16F3N3O2. The van der Waals surface area contributed by atoms with Crippen molar-refractivity contribution in [2.24, 2.45) is 5.73 Å². The molecule has 4 N–H and O–H groups in total. The molecule has 1 rings (SSSR count). The molecule has 0 aliphatic heterocycles. The molecule has 1 aromatic rings. The summed E-state index contributed by atoms with van der Waals surface area (Å²) in [6, 6.07) is 1.31. The van der Waals surface area contributed by atoms with Gasteiger partial charge >= 0.3 is 6.18 Å². The minimum atomic E-state index is -4.61. The second-order valence-electron chi connectivity index (χ2n) is 4.58. The average molecular weight is 291 g/mol. The van der Waals surface area contributed by atoms with Crippen molar-refractivity contribution in [1.82, 2.24) is 4.98 Å². The van der Waals surface area contributed by atoms with Crippen LogP contribution in [-0.2, 0) is 6.18 Å². The van der Waals surface area contributed by atoms with Crippen LogP contribution < -0.4 is 11.1 Å². The van der Waals surface area contributed by atoms with Crippen molar-refractivity contribution in [2.75, 3.05) is 5.32 Å². The Hall–Kier alpha value is -1.83. The van der Waals surface area contributed by atoms with Crippen LogP contribution in [0.3, 0.4) is 0 Å². The molecule has 5 nitrogen and oxygen atoms in total. The first-order chi connectivity index (χ1) is 9.11. The molecule has 0 fully saturated rings. The molecule has 0 aliphatic rings. The highest BCUT2D eigenvalue weighted by Gasteiger charge is 2.33. The van der Waals surface area contributed by atoms with E-state index in [1.807, 2.05) is 0 Å². The summed E-state index contributed by atoms with van der Waals surface area (Å²) in [6.45, 7) is 3.20. The number of alkyl halides is 3. The van der Waals surface area contributed by atoms with Crippen molar-refractivity contribution >= 4 is 11.7 Å². The lowest BCUT2D eigenvalue weighted by molar-refractivity contribution is -0.141. The number of pyridine rings is 1. The number of aliphatic hydroxyl groups excluding tert-OH is 1. The highest BCUT2D eigenvalue weighted by molar-refractivity contribution is 5.97. The van der Waals surface area contributed by atoms with Crippen LogP contribution in [0.5, 0.6) is 0 Å². The van der Waals surface area contributed by atoms with Gasteiger partial charge in [0.05, 0.1) is 11.7 Å². The Bertz CT molecular complexity index is 489. The van der Waals surface area contributed by atoms with Crippen molar-refractivity contribution in [3.8, 4) is 0 Å². The predicted octanol–water partition coefficient (Wildman–Crippen LogP) is 1.77. The van der Waals surface area contributed by atoms with Crippen LogP contribution >= 0.6 is 0 Å². The van der Waals surface area contributed by atoms with Gasteiger partial charge in [-0.25, -0.2) is 4.98 Å². The van der Waals surface area contributed by atoms with Gasteiger partial charge in [-0.2, -0.15) is 13.2 Å². The summed E-state index contributed by atoms with van der Waals surface area (Å²) in [6.07, 6.45) is -4.96. The normalized spacial score (nSPS) is 14.7. The number of hydrogen-bond acceptors (Lipinski definition) is 4. The van der Waals surface area contributed by atoms with Gasteiger partial charge < -0.3 is 16.2 Å². The number of hydrogen-bond donors (Lipinski definition) is 3. The highest BCUT2D eigenvalue weighted by Crippen LogP contribution is 2.29. The predicted molar refractivity (Wildman–Crippen MR) is 67.1 cm³/mol. The Kier molecular flexibility index (Phi) is 4.93. The van der Waals surface area contributed by atoms with E-state index in [-0.39, 0.29) is 23.8 Å². The molecule has 0 saturated carbocycles. The molecule has 1 aromatic heterocycles. The summed E-state index contributed by atoms with van der Waals surface area (Å²) >= 11 is 0. The van der Waals surface area contributed by atoms with Crippen LogP contribution in [0.2, 0.25) is 0 Å². The van der Waals surface area contributed by atoms with Crippen LogP contribution in [0.4, 0.5) is 19.0 Å². The zero-order chi connectivity index (χ0) is 15.5. The maximum Gasteiger partial charge on any atom is 0.433 e. The van der Waals surface area contributed by atoms with Crippen molar-refractivity contribution in [3.05, 3.63) is 23.4 Å². The molecule has 0 saturated heterocycles. The number of halogens is 3. The third kappa shape index (κ3) is 4.37. The smallest absolute Gasteiger partial charge is 0.393 e. The van der Waals surface area contributed by atoms with Crippen molar-refractivity contribution in [1.29, 1.82) is 0 Å². The second kappa shape index (κ2) is 6.08. The number of aromatic nitrogens is 1. The molecule has 1 amide bonds. The van der Waals surface area contributed by atoms with Gasteiger partial charge in [-0.1, -0.05) is 0 Å². The van der Waals surface area contributed by atoms with Gasteiger partial charge in [0.25, 0.3) is 5.91 Å². The average Bonchev–Trinajstić information content (AvgIpc) is 2.25. The van der Waals surface area contributed by atoms with Crippen LogP contribution in [-0.4, -0.2) is 28.1 Å². The largest absolute Gasteiger partial charge is 0.433 e. The Balaban J connectivity index is 3.09. The zero-order valence-electron chi connectivity index (χ0n) is 11.0. The summed E-state index contributed by atoms with van der Waals surface area (Å²) in [5.41, 5.74) is 3.86. The van der Waals surface area contributed by atoms with Gasteiger partial charge in [0, 0.05) is 6.04 Å². The van der Waals surface area contributed by atoms with E-state index in [2.05, 4.69) is 10.3 Å². The minimum absolute atomic E-state index is 0.129. The number of primary amides is 1. The Morgan fingerprint density at radius 3 is 2.50 bits per heavy atom. The van der Waals surface area contributed by atoms with Gasteiger partial charge in [-0.15, -0.1) is 0 Å². The molecule has 1 heterocycles. The van der Waals surface area contributed by atoms with E-state index in [9.17, 15) is 23.1 Å². The summed E-state index contributed by atoms with van der Waals surface area (Å²) in [5, 5.41) is 11.9. The van der Waals surface area contributed by atoms with Crippen LogP contribution in [0.1, 0.15) is 36.3 Å². The van der Waals surface area contributed by atoms with Crippen LogP contribution in [0.15, 0.2) is 12.1 Å². The summed E-state index contributed by atoms with van der Waals surface area (Å²) < 4.78 is 37.8. The number of carbonyl (C=O) groups excluding carboxylic acids is 1. The highest BCUT2D eigenvalue weighted by atomic mass is 19.4. The monoisotopic (exact) mass is 291 g/mol. The number of aliphatic hydroxyl groups is 1. The van der Waals surface area contributed by atoms with Crippen molar-refractivity contribution in [2.45, 2.75) is 38.6 Å². The first kappa shape index (κ1) is 16.2. The molecule has 0 bridgehead atoms. The maximum atomic E-state index is 12.6. The molecule has 20 heavy (non-hydrogen) atoms. The fourth-order valence-electron chi connectivity index (χ4n) is 1.73. The van der Waals surface area contributed by atoms with E-state index in [1.165, 1.54) is 0 Å². The molecular weight excluding hydrogens is 275 g/mol. The summed E-state index contributed by atoms with van der Waals surface area (Å²) in [5.74, 6) is -1.11. The Labute approximate surface area is 114 Å². The number of amides is 1. The molecule has 0 aromatic carbocycles. The summed E-state index contributed by atoms with van der Waals surface area (Å²) in [7, 11) is 0. The van der Waals surface area contributed by atoms with E-state index in [4.69, 9.17) is 5.73 Å². The van der Waals surface area contributed by atoms with Gasteiger partial charge in [0.1, 0.15) is 11.5 Å². The fourth-order valence-corrected chi connectivity index (χ4v) is 1.73. The number of nitrogens with one attached hydrogen (secondary N) is 1. The standard InChI is InChI=1S/C12H16F3N3O2/c1-6(5-7(2)19)17-11-8(10(16)20)3-4-9(18-11)12(13,14)15/h3-4,6-7,19H,5H2,1-2H3,(H2,16,20)(H,17,18). The van der Waals surface area contributed by atoms with Crippen LogP contribution in [0, 0.1) is 0 Å². The van der Waals surface area contributed by atoms with E-state index in [1.54, 1.807) is 13.8 Å². The molecule has 0 aliphatic carbocycles. The zero-order valence-corrected chi connectivity index (χ0v) is 11.0. The number of anilines is 1. The Morgan fingerprint density at radius 1 is 1.45 bits per heavy atom. The molecule has 0 spiro atoms. The first-order valence-electron chi connectivity index (χ1n) is 5.94. The second-order valence-corrected chi connectivity index (χ2v) is 4.58. The fraction of sp³-hybridized carbons (Fsp3) is 0.500. The maximum absolute atomic E-state index is 12.6. The minimum Gasteiger partial charge on any atom is -0.393 e. The Morgan fingerprint density at radius 2 is 2.05 bits per heavy atom. The third-order valence-electron chi connectivity index (χ3n) is 2.53. The third-order valence-corrected chi connectivity index (χ3v) is 2.53. The van der Waals surface area contributed by atoms with Crippen LogP contribution in [0.25, 0.3) is 0 Å². The topological polar surface area (TPSA) is 88.2 Å². The SMILES string of the molecule is CC(O)CC(C)Nc1nc(C(F)(F)F)ccc1C(N)=O. The van der Waals surface area contributed by atoms with Gasteiger partial charge in [0.15, 0.2) is 0 Å². The number of carbonyl (C=O) groups is 1. The molecule has 0 radical (unpaired) electrons. The van der Waals surface area contributed by atoms with E-state index < -0.39 is 23.9 Å². The lowest BCUT2D eigenvalue weighted by Crippen LogP contribution is -2.25. The lowest BCUT2D eigenvalue weighted by atomic mass is 10.1. The van der Waals surface area contributed by atoms with Gasteiger partial charge in [-0.3, -0.25) is 4.79 Å². The van der Waals surface area contributed by atoms with Gasteiger partial charge in [0.2, 0.25) is 0 Å². The molecule has 2 unspecified atom stereocenters. The van der Waals surface area contributed by atoms with E-state index in [0.29, 0.717) is 6.07 Å².